The van der Waals surface area contributed by atoms with Crippen molar-refractivity contribution in [1.29, 1.82) is 0 Å². The van der Waals surface area contributed by atoms with Gasteiger partial charge < -0.3 is 9.84 Å². The number of allylic oxidation sites excluding steroid dienone is 2. The normalized spacial score (nSPS) is 22.0. The molecule has 0 aromatic carbocycles. The second kappa shape index (κ2) is 16.0. The molecule has 3 nitrogen and oxygen atoms in total. The lowest BCUT2D eigenvalue weighted by molar-refractivity contribution is -0.0397. The van der Waals surface area contributed by atoms with E-state index >= 15 is 0 Å². The SMILES string of the molecule is CCCCCCCC/C=C\CCCCCCCCC1=NC(O)(CC)C(CC)O1. The first kappa shape index (κ1) is 25.2. The minimum absolute atomic E-state index is 0.151. The molecule has 1 rings (SSSR count). The van der Waals surface area contributed by atoms with Gasteiger partial charge in [-0.1, -0.05) is 90.7 Å². The van der Waals surface area contributed by atoms with Gasteiger partial charge in [-0.05, 0) is 44.9 Å². The number of rotatable bonds is 18. The fourth-order valence-corrected chi connectivity index (χ4v) is 3.93. The van der Waals surface area contributed by atoms with Crippen LogP contribution in [0.3, 0.4) is 0 Å². The maximum absolute atomic E-state index is 10.4. The molecule has 0 radical (unpaired) electrons. The Bertz CT molecular complexity index is 432. The highest BCUT2D eigenvalue weighted by atomic mass is 16.5. The van der Waals surface area contributed by atoms with Crippen LogP contribution in [0.15, 0.2) is 17.1 Å². The van der Waals surface area contributed by atoms with E-state index < -0.39 is 5.72 Å². The fourth-order valence-electron chi connectivity index (χ4n) is 3.93. The van der Waals surface area contributed by atoms with Crippen LogP contribution in [0.4, 0.5) is 0 Å². The molecule has 2 atom stereocenters. The van der Waals surface area contributed by atoms with Crippen LogP contribution >= 0.6 is 0 Å². The lowest BCUT2D eigenvalue weighted by atomic mass is 10.0. The molecule has 164 valence electrons. The topological polar surface area (TPSA) is 41.8 Å². The van der Waals surface area contributed by atoms with Gasteiger partial charge in [0.1, 0.15) is 6.10 Å². The highest BCUT2D eigenvalue weighted by molar-refractivity contribution is 5.78. The largest absolute Gasteiger partial charge is 0.473 e. The first-order valence-electron chi connectivity index (χ1n) is 12.3. The summed E-state index contributed by atoms with van der Waals surface area (Å²) in [5.41, 5.74) is -0.980. The van der Waals surface area contributed by atoms with Crippen LogP contribution in [0, 0.1) is 0 Å². The van der Waals surface area contributed by atoms with E-state index in [9.17, 15) is 5.11 Å². The number of hydrogen-bond acceptors (Lipinski definition) is 3. The minimum atomic E-state index is -0.980. The predicted octanol–water partition coefficient (Wildman–Crippen LogP) is 7.72. The third-order valence-corrected chi connectivity index (χ3v) is 5.91. The maximum atomic E-state index is 10.4. The van der Waals surface area contributed by atoms with E-state index in [0.717, 1.165) is 25.2 Å². The van der Waals surface area contributed by atoms with Crippen LogP contribution < -0.4 is 0 Å². The van der Waals surface area contributed by atoms with Crippen LogP contribution in [0.5, 0.6) is 0 Å². The highest BCUT2D eigenvalue weighted by Gasteiger charge is 2.41. The zero-order chi connectivity index (χ0) is 20.5. The quantitative estimate of drug-likeness (QED) is 0.191. The van der Waals surface area contributed by atoms with Crippen molar-refractivity contribution in [3.63, 3.8) is 0 Å². The smallest absolute Gasteiger partial charge is 0.196 e. The van der Waals surface area contributed by atoms with Gasteiger partial charge in [0.15, 0.2) is 11.6 Å². The summed E-state index contributed by atoms with van der Waals surface area (Å²) in [6, 6.07) is 0. The molecule has 0 bridgehead atoms. The van der Waals surface area contributed by atoms with E-state index in [1.165, 1.54) is 83.5 Å². The summed E-state index contributed by atoms with van der Waals surface area (Å²) in [4.78, 5) is 4.44. The zero-order valence-corrected chi connectivity index (χ0v) is 19.1. The average Bonchev–Trinajstić information content (AvgIpc) is 3.04. The van der Waals surface area contributed by atoms with Crippen molar-refractivity contribution in [2.24, 2.45) is 4.99 Å². The molecule has 1 heterocycles. The van der Waals surface area contributed by atoms with Gasteiger partial charge in [0, 0.05) is 6.42 Å². The Balaban J connectivity index is 1.89. The maximum Gasteiger partial charge on any atom is 0.196 e. The summed E-state index contributed by atoms with van der Waals surface area (Å²) in [6.07, 6.45) is 25.4. The molecule has 3 heteroatoms. The number of ether oxygens (including phenoxy) is 1. The Kier molecular flexibility index (Phi) is 14.4. The van der Waals surface area contributed by atoms with Crippen LogP contribution in [-0.2, 0) is 4.74 Å². The Morgan fingerprint density at radius 2 is 1.36 bits per heavy atom. The molecule has 1 N–H and O–H groups in total. The molecular formula is C25H47NO2. The fraction of sp³-hybridized carbons (Fsp3) is 0.880. The van der Waals surface area contributed by atoms with Crippen LogP contribution in [0.25, 0.3) is 0 Å². The number of unbranched alkanes of at least 4 members (excludes halogenated alkanes) is 12. The van der Waals surface area contributed by atoms with E-state index in [1.54, 1.807) is 0 Å². The van der Waals surface area contributed by atoms with E-state index in [1.807, 2.05) is 13.8 Å². The van der Waals surface area contributed by atoms with E-state index in [2.05, 4.69) is 24.1 Å². The summed E-state index contributed by atoms with van der Waals surface area (Å²) in [5.74, 6) is 0.770. The predicted molar refractivity (Wildman–Crippen MR) is 122 cm³/mol. The van der Waals surface area contributed by atoms with Gasteiger partial charge in [0.05, 0.1) is 0 Å². The Hall–Kier alpha value is -0.830. The molecule has 2 unspecified atom stereocenters. The van der Waals surface area contributed by atoms with Gasteiger partial charge in [-0.2, -0.15) is 0 Å². The Labute approximate surface area is 175 Å². The third-order valence-electron chi connectivity index (χ3n) is 5.91. The van der Waals surface area contributed by atoms with E-state index in [0.29, 0.717) is 6.42 Å². The van der Waals surface area contributed by atoms with Gasteiger partial charge in [0.2, 0.25) is 0 Å². The van der Waals surface area contributed by atoms with Gasteiger partial charge in [-0.15, -0.1) is 0 Å². The molecule has 0 saturated carbocycles. The van der Waals surface area contributed by atoms with Gasteiger partial charge >= 0.3 is 0 Å². The average molecular weight is 394 g/mol. The third kappa shape index (κ3) is 10.6. The van der Waals surface area contributed by atoms with Crippen molar-refractivity contribution in [2.45, 2.75) is 142 Å². The Morgan fingerprint density at radius 1 is 0.821 bits per heavy atom. The summed E-state index contributed by atoms with van der Waals surface area (Å²) in [5, 5.41) is 10.4. The molecule has 0 aromatic rings. The molecule has 0 spiro atoms. The molecule has 1 aliphatic rings. The Morgan fingerprint density at radius 3 is 1.86 bits per heavy atom. The first-order valence-corrected chi connectivity index (χ1v) is 12.3. The summed E-state index contributed by atoms with van der Waals surface area (Å²) in [7, 11) is 0. The van der Waals surface area contributed by atoms with Crippen LogP contribution in [-0.4, -0.2) is 22.8 Å². The van der Waals surface area contributed by atoms with Crippen molar-refractivity contribution in [3.8, 4) is 0 Å². The number of nitrogens with zero attached hydrogens (tertiary/aromatic N) is 1. The highest BCUT2D eigenvalue weighted by Crippen LogP contribution is 2.30. The first-order chi connectivity index (χ1) is 13.7. The van der Waals surface area contributed by atoms with Crippen LogP contribution in [0.2, 0.25) is 0 Å². The lowest BCUT2D eigenvalue weighted by Gasteiger charge is -2.23. The van der Waals surface area contributed by atoms with Crippen molar-refractivity contribution in [3.05, 3.63) is 12.2 Å². The molecule has 0 saturated heterocycles. The van der Waals surface area contributed by atoms with E-state index in [4.69, 9.17) is 4.74 Å². The van der Waals surface area contributed by atoms with Crippen molar-refractivity contribution >= 4 is 5.90 Å². The molecule has 0 aliphatic carbocycles. The van der Waals surface area contributed by atoms with Crippen molar-refractivity contribution in [2.75, 3.05) is 0 Å². The van der Waals surface area contributed by atoms with Gasteiger partial charge in [-0.25, -0.2) is 4.99 Å². The van der Waals surface area contributed by atoms with Crippen LogP contribution in [0.1, 0.15) is 130 Å². The van der Waals surface area contributed by atoms with Crippen molar-refractivity contribution < 1.29 is 9.84 Å². The summed E-state index contributed by atoms with van der Waals surface area (Å²) in [6.45, 7) is 6.30. The van der Waals surface area contributed by atoms with Gasteiger partial charge in [-0.3, -0.25) is 0 Å². The second-order valence-electron chi connectivity index (χ2n) is 8.44. The number of aliphatic imine (C=N–C) groups is 1. The lowest BCUT2D eigenvalue weighted by Crippen LogP contribution is -2.36. The number of hydrogen-bond donors (Lipinski definition) is 1. The van der Waals surface area contributed by atoms with Gasteiger partial charge in [0.25, 0.3) is 0 Å². The molecule has 0 amide bonds. The minimum Gasteiger partial charge on any atom is -0.473 e. The molecule has 1 aliphatic heterocycles. The molecule has 0 fully saturated rings. The second-order valence-corrected chi connectivity index (χ2v) is 8.44. The zero-order valence-electron chi connectivity index (χ0n) is 19.1. The molecule has 28 heavy (non-hydrogen) atoms. The van der Waals surface area contributed by atoms with E-state index in [-0.39, 0.29) is 6.10 Å². The summed E-state index contributed by atoms with van der Waals surface area (Å²) >= 11 is 0. The monoisotopic (exact) mass is 393 g/mol. The molecular weight excluding hydrogens is 346 g/mol. The standard InChI is InChI=1S/C25H47NO2/c1-4-7-8-9-10-11-12-13-14-15-16-17-18-19-20-21-22-24-26-25(27,6-3)23(5-2)28-24/h13-14,23,27H,4-12,15-22H2,1-3H3/b14-13-. The number of aliphatic hydroxyl groups is 1. The summed E-state index contributed by atoms with van der Waals surface area (Å²) < 4.78 is 5.83. The van der Waals surface area contributed by atoms with Crippen molar-refractivity contribution in [1.82, 2.24) is 0 Å². The molecule has 0 aromatic heterocycles.